The van der Waals surface area contributed by atoms with Crippen LogP contribution in [0.3, 0.4) is 0 Å². The number of halogens is 2. The molecule has 0 aromatic heterocycles. The van der Waals surface area contributed by atoms with Crippen LogP contribution in [0.1, 0.15) is 34.3 Å². The Morgan fingerprint density at radius 2 is 2.06 bits per heavy atom. The van der Waals surface area contributed by atoms with Crippen LogP contribution >= 0.6 is 27.5 Å². The fraction of sp³-hybridized carbons (Fsp3) is 0.391. The predicted molar refractivity (Wildman–Crippen MR) is 130 cm³/mol. The van der Waals surface area contributed by atoms with Gasteiger partial charge in [-0.05, 0) is 70.9 Å². The lowest BCUT2D eigenvalue weighted by Gasteiger charge is -2.32. The zero-order valence-electron chi connectivity index (χ0n) is 18.0. The average Bonchev–Trinajstić information content (AvgIpc) is 2.76. The molecule has 1 aliphatic heterocycles. The molecule has 1 fully saturated rings. The van der Waals surface area contributed by atoms with Crippen molar-refractivity contribution in [2.75, 3.05) is 26.2 Å². The van der Waals surface area contributed by atoms with Crippen LogP contribution in [-0.2, 0) is 6.42 Å². The summed E-state index contributed by atoms with van der Waals surface area (Å²) >= 11 is 9.61. The Balaban J connectivity index is 1.56. The summed E-state index contributed by atoms with van der Waals surface area (Å²) in [6.07, 6.45) is 2.32. The number of likely N-dealkylation sites (tertiary alicyclic amines) is 1. The van der Waals surface area contributed by atoms with Crippen LogP contribution in [0.25, 0.3) is 0 Å². The topological polar surface area (TPSA) is 112 Å². The Kier molecular flexibility index (Phi) is 8.26. The molecule has 1 aliphatic rings. The van der Waals surface area contributed by atoms with Crippen LogP contribution in [-0.4, -0.2) is 48.1 Å². The lowest BCUT2D eigenvalue weighted by molar-refractivity contribution is 0.0940. The second-order valence-corrected chi connectivity index (χ2v) is 9.23. The number of hydrogen-bond acceptors (Lipinski definition) is 4. The van der Waals surface area contributed by atoms with Gasteiger partial charge in [-0.15, -0.1) is 0 Å². The van der Waals surface area contributed by atoms with Crippen LogP contribution in [0.5, 0.6) is 11.5 Å². The van der Waals surface area contributed by atoms with Crippen molar-refractivity contribution < 1.29 is 14.6 Å². The summed E-state index contributed by atoms with van der Waals surface area (Å²) in [6, 6.07) is 8.92. The number of aromatic hydroxyl groups is 1. The third kappa shape index (κ3) is 6.29. The number of nitrogens with two attached hydrogens (primary N) is 1. The maximum absolute atomic E-state index is 12.7. The number of piperidine rings is 1. The van der Waals surface area contributed by atoms with Gasteiger partial charge in [-0.1, -0.05) is 23.7 Å². The minimum atomic E-state index is -0.270. The first-order valence-electron chi connectivity index (χ1n) is 10.5. The van der Waals surface area contributed by atoms with E-state index in [4.69, 9.17) is 27.5 Å². The Morgan fingerprint density at radius 3 is 2.72 bits per heavy atom. The second-order valence-electron chi connectivity index (χ2n) is 8.03. The van der Waals surface area contributed by atoms with Crippen molar-refractivity contribution in [1.82, 2.24) is 10.2 Å². The van der Waals surface area contributed by atoms with Gasteiger partial charge in [0.05, 0.1) is 6.61 Å². The zero-order valence-corrected chi connectivity index (χ0v) is 20.3. The summed E-state index contributed by atoms with van der Waals surface area (Å²) in [5, 5.41) is 21.4. The Labute approximate surface area is 201 Å². The molecule has 5 N–H and O–H groups in total. The average molecular weight is 524 g/mol. The highest BCUT2D eigenvalue weighted by molar-refractivity contribution is 9.10. The van der Waals surface area contributed by atoms with E-state index in [0.29, 0.717) is 46.3 Å². The van der Waals surface area contributed by atoms with E-state index < -0.39 is 0 Å². The van der Waals surface area contributed by atoms with Gasteiger partial charge in [0, 0.05) is 36.6 Å². The number of carbonyl (C=O) groups is 1. The Hall–Kier alpha value is -2.45. The summed E-state index contributed by atoms with van der Waals surface area (Å²) < 4.78 is 6.25. The zero-order chi connectivity index (χ0) is 23.3. The van der Waals surface area contributed by atoms with E-state index >= 15 is 0 Å². The third-order valence-electron chi connectivity index (χ3n) is 5.63. The Bertz CT molecular complexity index is 993. The minimum absolute atomic E-state index is 0.0595. The number of benzene rings is 2. The largest absolute Gasteiger partial charge is 0.507 e. The van der Waals surface area contributed by atoms with Gasteiger partial charge in [0.2, 0.25) is 0 Å². The van der Waals surface area contributed by atoms with Crippen molar-refractivity contribution >= 4 is 39.4 Å². The van der Waals surface area contributed by atoms with E-state index in [0.717, 1.165) is 37.1 Å². The molecule has 9 heteroatoms. The van der Waals surface area contributed by atoms with E-state index in [1.807, 2.05) is 30.0 Å². The number of nitrogens with zero attached hydrogens (tertiary/aromatic N) is 1. The molecule has 1 heterocycles. The first kappa shape index (κ1) is 24.2. The van der Waals surface area contributed by atoms with E-state index in [-0.39, 0.29) is 17.6 Å². The summed E-state index contributed by atoms with van der Waals surface area (Å²) in [5.41, 5.74) is 7.92. The number of nitrogens with one attached hydrogen (secondary N) is 2. The molecule has 172 valence electrons. The van der Waals surface area contributed by atoms with Gasteiger partial charge in [0.15, 0.2) is 5.96 Å². The number of phenolic OH excluding ortho intramolecular Hbond substituents is 1. The molecule has 1 saturated heterocycles. The fourth-order valence-corrected chi connectivity index (χ4v) is 4.34. The fourth-order valence-electron chi connectivity index (χ4n) is 3.66. The first-order valence-corrected chi connectivity index (χ1v) is 11.7. The molecule has 0 bridgehead atoms. The van der Waals surface area contributed by atoms with Gasteiger partial charge in [-0.2, -0.15) is 0 Å². The molecule has 0 unspecified atom stereocenters. The molecule has 0 spiro atoms. The SMILES string of the molecule is Cc1ccc(CCOc2cc(C(=O)NCC3CCN(C(=N)N)CC3)cc(O)c2Br)c(Cl)c1. The summed E-state index contributed by atoms with van der Waals surface area (Å²) in [7, 11) is 0. The van der Waals surface area contributed by atoms with Crippen molar-refractivity contribution in [3.05, 3.63) is 56.5 Å². The van der Waals surface area contributed by atoms with Crippen LogP contribution < -0.4 is 15.8 Å². The minimum Gasteiger partial charge on any atom is -0.507 e. The molecule has 0 atom stereocenters. The van der Waals surface area contributed by atoms with E-state index in [1.165, 1.54) is 6.07 Å². The summed E-state index contributed by atoms with van der Waals surface area (Å²) in [5.74, 6) is 0.487. The maximum atomic E-state index is 12.7. The second kappa shape index (κ2) is 10.9. The van der Waals surface area contributed by atoms with Gasteiger partial charge < -0.3 is 25.8 Å². The van der Waals surface area contributed by atoms with E-state index in [9.17, 15) is 9.90 Å². The highest BCUT2D eigenvalue weighted by Gasteiger charge is 2.21. The van der Waals surface area contributed by atoms with Crippen LogP contribution in [0.2, 0.25) is 5.02 Å². The van der Waals surface area contributed by atoms with Crippen molar-refractivity contribution in [3.63, 3.8) is 0 Å². The van der Waals surface area contributed by atoms with Gasteiger partial charge in [0.25, 0.3) is 5.91 Å². The smallest absolute Gasteiger partial charge is 0.251 e. The van der Waals surface area contributed by atoms with E-state index in [1.54, 1.807) is 6.07 Å². The van der Waals surface area contributed by atoms with Gasteiger partial charge >= 0.3 is 0 Å². The molecule has 2 aromatic carbocycles. The number of guanidine groups is 1. The molecule has 2 aromatic rings. The van der Waals surface area contributed by atoms with E-state index in [2.05, 4.69) is 21.2 Å². The summed E-state index contributed by atoms with van der Waals surface area (Å²) in [6.45, 7) is 4.30. The van der Waals surface area contributed by atoms with Crippen molar-refractivity contribution in [2.45, 2.75) is 26.2 Å². The van der Waals surface area contributed by atoms with Crippen LogP contribution in [0.4, 0.5) is 0 Å². The molecular weight excluding hydrogens is 496 g/mol. The van der Waals surface area contributed by atoms with Gasteiger partial charge in [0.1, 0.15) is 16.0 Å². The van der Waals surface area contributed by atoms with Gasteiger partial charge in [-0.25, -0.2) is 0 Å². The molecule has 7 nitrogen and oxygen atoms in total. The molecule has 0 saturated carbocycles. The quantitative estimate of drug-likeness (QED) is 0.323. The summed E-state index contributed by atoms with van der Waals surface area (Å²) in [4.78, 5) is 14.5. The number of hydrogen-bond donors (Lipinski definition) is 4. The first-order chi connectivity index (χ1) is 15.2. The normalized spacial score (nSPS) is 14.3. The monoisotopic (exact) mass is 522 g/mol. The predicted octanol–water partition coefficient (Wildman–Crippen LogP) is 4.07. The molecule has 0 aliphatic carbocycles. The molecule has 3 rings (SSSR count). The highest BCUT2D eigenvalue weighted by atomic mass is 79.9. The van der Waals surface area contributed by atoms with Gasteiger partial charge in [-0.3, -0.25) is 10.2 Å². The van der Waals surface area contributed by atoms with Crippen molar-refractivity contribution in [3.8, 4) is 11.5 Å². The highest BCUT2D eigenvalue weighted by Crippen LogP contribution is 2.35. The van der Waals surface area contributed by atoms with Crippen molar-refractivity contribution in [2.24, 2.45) is 11.7 Å². The molecular formula is C23H28BrClN4O3. The lowest BCUT2D eigenvalue weighted by Crippen LogP contribution is -2.44. The third-order valence-corrected chi connectivity index (χ3v) is 6.78. The number of amides is 1. The Morgan fingerprint density at radius 1 is 1.34 bits per heavy atom. The number of carbonyl (C=O) groups excluding carboxylic acids is 1. The number of phenols is 1. The lowest BCUT2D eigenvalue weighted by atomic mass is 9.97. The number of rotatable bonds is 7. The molecule has 0 radical (unpaired) electrons. The van der Waals surface area contributed by atoms with Crippen LogP contribution in [0, 0.1) is 18.3 Å². The standard InChI is InChI=1S/C23H28BrClN4O3/c1-14-2-3-16(18(25)10-14)6-9-32-20-12-17(11-19(30)21(20)24)22(31)28-13-15-4-7-29(8-5-15)23(26)27/h2-3,10-12,15,30H,4-9,13H2,1H3,(H3,26,27)(H,28,31). The number of ether oxygens (including phenoxy) is 1. The maximum Gasteiger partial charge on any atom is 0.251 e. The molecule has 1 amide bonds. The van der Waals surface area contributed by atoms with Crippen LogP contribution in [0.15, 0.2) is 34.8 Å². The number of aryl methyl sites for hydroxylation is 1. The van der Waals surface area contributed by atoms with Crippen molar-refractivity contribution in [1.29, 1.82) is 5.41 Å². The molecule has 32 heavy (non-hydrogen) atoms.